The number of nitrogens with one attached hydrogen (secondary N) is 2. The number of nitrogens with zero attached hydrogens (tertiary/aromatic N) is 1. The summed E-state index contributed by atoms with van der Waals surface area (Å²) in [5.74, 6) is 0.405. The summed E-state index contributed by atoms with van der Waals surface area (Å²) in [6, 6.07) is 10.6. The minimum absolute atomic E-state index is 0.0455. The number of carbonyl (C=O) groups excluding carboxylic acids is 2. The van der Waals surface area contributed by atoms with E-state index in [-0.39, 0.29) is 35.0 Å². The first kappa shape index (κ1) is 20.1. The topological polar surface area (TPSA) is 137 Å². The molecule has 1 amide bonds. The molecule has 10 nitrogen and oxygen atoms in total. The smallest absolute Gasteiger partial charge is 0.283 e. The highest BCUT2D eigenvalue weighted by atomic mass is 32.2. The van der Waals surface area contributed by atoms with Crippen LogP contribution in [0.3, 0.4) is 0 Å². The molecule has 2 N–H and O–H groups in total. The van der Waals surface area contributed by atoms with Gasteiger partial charge in [0.05, 0.1) is 22.8 Å². The van der Waals surface area contributed by atoms with Crippen molar-refractivity contribution in [1.29, 1.82) is 0 Å². The molecule has 0 unspecified atom stereocenters. The Balaban J connectivity index is 1.36. The van der Waals surface area contributed by atoms with Crippen LogP contribution in [0.25, 0.3) is 11.3 Å². The number of rotatable bonds is 4. The lowest BCUT2D eigenvalue weighted by atomic mass is 10.1. The molecule has 0 spiro atoms. The van der Waals surface area contributed by atoms with E-state index in [1.165, 1.54) is 24.3 Å². The zero-order chi connectivity index (χ0) is 22.3. The second kappa shape index (κ2) is 7.68. The zero-order valence-corrected chi connectivity index (χ0v) is 17.4. The zero-order valence-electron chi connectivity index (χ0n) is 16.6. The summed E-state index contributed by atoms with van der Waals surface area (Å²) >= 11 is 0. The van der Waals surface area contributed by atoms with Gasteiger partial charge < -0.3 is 14.2 Å². The average molecular weight is 455 g/mol. The van der Waals surface area contributed by atoms with E-state index >= 15 is 0 Å². The number of hydrogen-bond acceptors (Lipinski definition) is 8. The number of Topliss-reactive ketones (excluding diaryl/α,β-unsaturated/α-hetero) is 1. The summed E-state index contributed by atoms with van der Waals surface area (Å²) < 4.78 is 43.8. The van der Waals surface area contributed by atoms with Gasteiger partial charge in [0.25, 0.3) is 15.9 Å². The first-order valence-electron chi connectivity index (χ1n) is 9.73. The van der Waals surface area contributed by atoms with E-state index in [1.54, 1.807) is 18.2 Å². The van der Waals surface area contributed by atoms with Crippen LogP contribution in [0.15, 0.2) is 47.4 Å². The molecule has 2 aliphatic rings. The summed E-state index contributed by atoms with van der Waals surface area (Å²) in [5, 5.41) is 6.63. The second-order valence-corrected chi connectivity index (χ2v) is 8.82. The number of aromatic nitrogens is 2. The van der Waals surface area contributed by atoms with E-state index in [1.807, 2.05) is 4.72 Å². The molecule has 5 rings (SSSR count). The van der Waals surface area contributed by atoms with Crippen LogP contribution >= 0.6 is 0 Å². The Labute approximate surface area is 182 Å². The number of amides is 1. The maximum absolute atomic E-state index is 12.7. The van der Waals surface area contributed by atoms with Gasteiger partial charge in [-0.05, 0) is 42.5 Å². The van der Waals surface area contributed by atoms with Gasteiger partial charge in [0.2, 0.25) is 0 Å². The fourth-order valence-electron chi connectivity index (χ4n) is 3.43. The molecule has 0 aliphatic carbocycles. The summed E-state index contributed by atoms with van der Waals surface area (Å²) in [4.78, 5) is 24.4. The van der Waals surface area contributed by atoms with Gasteiger partial charge in [0.15, 0.2) is 17.3 Å². The summed E-state index contributed by atoms with van der Waals surface area (Å²) in [6.07, 6.45) is 0.166. The van der Waals surface area contributed by atoms with Crippen molar-refractivity contribution in [3.05, 3.63) is 53.7 Å². The number of hydrogen-bond donors (Lipinski definition) is 2. The summed E-state index contributed by atoms with van der Waals surface area (Å²) in [7, 11) is -4.22. The average Bonchev–Trinajstić information content (AvgIpc) is 3.29. The van der Waals surface area contributed by atoms with Gasteiger partial charge in [0, 0.05) is 12.0 Å². The minimum Gasteiger partial charge on any atom is -0.492 e. The highest BCUT2D eigenvalue weighted by Crippen LogP contribution is 2.34. The van der Waals surface area contributed by atoms with Crippen molar-refractivity contribution >= 4 is 21.7 Å². The van der Waals surface area contributed by atoms with Gasteiger partial charge in [-0.15, -0.1) is 0 Å². The third-order valence-electron chi connectivity index (χ3n) is 5.04. The Morgan fingerprint density at radius 3 is 2.53 bits per heavy atom. The van der Waals surface area contributed by atoms with Crippen LogP contribution in [-0.4, -0.2) is 50.1 Å². The van der Waals surface area contributed by atoms with Gasteiger partial charge >= 0.3 is 0 Å². The van der Waals surface area contributed by atoms with E-state index in [9.17, 15) is 18.0 Å². The number of benzene rings is 2. The maximum Gasteiger partial charge on any atom is 0.283 e. The van der Waals surface area contributed by atoms with Crippen LogP contribution in [0.5, 0.6) is 17.2 Å². The van der Waals surface area contributed by atoms with Crippen molar-refractivity contribution in [2.75, 3.05) is 19.8 Å². The number of carbonyl (C=O) groups is 2. The molecule has 2 aliphatic heterocycles. The van der Waals surface area contributed by atoms with Crippen molar-refractivity contribution in [3.8, 4) is 28.5 Å². The van der Waals surface area contributed by atoms with Crippen molar-refractivity contribution in [2.24, 2.45) is 0 Å². The second-order valence-electron chi connectivity index (χ2n) is 7.14. The predicted octanol–water partition coefficient (Wildman–Crippen LogP) is 1.93. The number of ether oxygens (including phenoxy) is 3. The van der Waals surface area contributed by atoms with Crippen LogP contribution in [-0.2, 0) is 10.0 Å². The third kappa shape index (κ3) is 3.66. The quantitative estimate of drug-likeness (QED) is 0.609. The molecule has 2 aromatic carbocycles. The van der Waals surface area contributed by atoms with Crippen LogP contribution in [0.1, 0.15) is 27.3 Å². The Bertz CT molecular complexity index is 1350. The predicted molar refractivity (Wildman–Crippen MR) is 111 cm³/mol. The first-order chi connectivity index (χ1) is 15.4. The molecule has 0 saturated carbocycles. The Kier molecular flexibility index (Phi) is 4.82. The van der Waals surface area contributed by atoms with E-state index in [0.29, 0.717) is 41.7 Å². The summed E-state index contributed by atoms with van der Waals surface area (Å²) in [6.45, 7) is 1.15. The van der Waals surface area contributed by atoms with Crippen LogP contribution in [0.4, 0.5) is 0 Å². The molecular formula is C21H17N3O7S. The molecule has 0 bridgehead atoms. The van der Waals surface area contributed by atoms with Crippen LogP contribution in [0.2, 0.25) is 0 Å². The van der Waals surface area contributed by atoms with Gasteiger partial charge in [0.1, 0.15) is 24.7 Å². The first-order valence-corrected chi connectivity index (χ1v) is 11.2. The maximum atomic E-state index is 12.7. The Hall–Kier alpha value is -3.86. The minimum atomic E-state index is -4.22. The molecule has 3 aromatic rings. The monoisotopic (exact) mass is 455 g/mol. The van der Waals surface area contributed by atoms with Gasteiger partial charge in [-0.1, -0.05) is 0 Å². The molecule has 164 valence electrons. The van der Waals surface area contributed by atoms with Crippen LogP contribution < -0.4 is 18.9 Å². The molecule has 0 saturated heterocycles. The number of H-pyrrole nitrogens is 1. The normalized spacial score (nSPS) is 14.9. The SMILES string of the molecule is O=C(NS(=O)(=O)c1ccc2c(c1)C(=O)CCO2)c1cc(-c2ccc3c(c2)OCCO3)n[nH]1. The fraction of sp³-hybridized carbons (Fsp3) is 0.190. The van der Waals surface area contributed by atoms with E-state index in [4.69, 9.17) is 14.2 Å². The van der Waals surface area contributed by atoms with E-state index in [2.05, 4.69) is 10.2 Å². The molecule has 11 heteroatoms. The van der Waals surface area contributed by atoms with Gasteiger partial charge in [-0.25, -0.2) is 13.1 Å². The van der Waals surface area contributed by atoms with Crippen molar-refractivity contribution in [3.63, 3.8) is 0 Å². The van der Waals surface area contributed by atoms with E-state index in [0.717, 1.165) is 0 Å². The van der Waals surface area contributed by atoms with Crippen molar-refractivity contribution < 1.29 is 32.2 Å². The summed E-state index contributed by atoms with van der Waals surface area (Å²) in [5.41, 5.74) is 1.23. The lowest BCUT2D eigenvalue weighted by molar-refractivity contribution is 0.0932. The van der Waals surface area contributed by atoms with Crippen molar-refractivity contribution in [1.82, 2.24) is 14.9 Å². The van der Waals surface area contributed by atoms with Gasteiger partial charge in [-0.2, -0.15) is 5.10 Å². The largest absolute Gasteiger partial charge is 0.492 e. The lowest BCUT2D eigenvalue weighted by Gasteiger charge is -2.18. The lowest BCUT2D eigenvalue weighted by Crippen LogP contribution is -2.31. The molecular weight excluding hydrogens is 438 g/mol. The molecule has 0 atom stereocenters. The molecule has 32 heavy (non-hydrogen) atoms. The molecule has 3 heterocycles. The molecule has 1 aromatic heterocycles. The fourth-order valence-corrected chi connectivity index (χ4v) is 4.42. The molecule has 0 fully saturated rings. The van der Waals surface area contributed by atoms with Crippen LogP contribution in [0, 0.1) is 0 Å². The third-order valence-corrected chi connectivity index (χ3v) is 6.36. The molecule has 0 radical (unpaired) electrons. The van der Waals surface area contributed by atoms with Crippen molar-refractivity contribution in [2.45, 2.75) is 11.3 Å². The Morgan fingerprint density at radius 1 is 0.938 bits per heavy atom. The van der Waals surface area contributed by atoms with E-state index < -0.39 is 15.9 Å². The highest BCUT2D eigenvalue weighted by molar-refractivity contribution is 7.90. The Morgan fingerprint density at radius 2 is 1.69 bits per heavy atom. The number of fused-ring (bicyclic) bond motifs is 2. The highest BCUT2D eigenvalue weighted by Gasteiger charge is 2.25. The standard InChI is InChI=1S/C21H17N3O7S/c25-17-5-6-29-18-4-2-13(10-14(17)18)32(27,28)24-21(26)16-11-15(22-23-16)12-1-3-19-20(9-12)31-8-7-30-19/h1-4,9-11H,5-8H2,(H,22,23)(H,24,26). The number of ketones is 1. The van der Waals surface area contributed by atoms with Gasteiger partial charge in [-0.3, -0.25) is 14.7 Å². The number of sulfonamides is 1. The number of aromatic amines is 1.